The maximum absolute atomic E-state index is 11.7. The molecule has 1 radical (unpaired) electrons. The summed E-state index contributed by atoms with van der Waals surface area (Å²) in [6.45, 7) is 3.02. The molecular formula is C28H32N7O2. The van der Waals surface area contributed by atoms with Gasteiger partial charge in [0.05, 0.1) is 6.04 Å². The van der Waals surface area contributed by atoms with E-state index in [1.165, 1.54) is 5.56 Å². The number of hydrogen-bond acceptors (Lipinski definition) is 6. The van der Waals surface area contributed by atoms with Crippen LogP contribution in [-0.2, 0) is 29.1 Å². The number of aryl methyl sites for hydroxylation is 1. The first-order valence-electron chi connectivity index (χ1n) is 12.2. The lowest BCUT2D eigenvalue weighted by atomic mass is 10.0. The number of benzene rings is 3. The molecule has 191 valence electrons. The lowest BCUT2D eigenvalue weighted by Gasteiger charge is -2.15. The molecule has 1 aromatic heterocycles. The fourth-order valence-electron chi connectivity index (χ4n) is 3.47. The highest BCUT2D eigenvalue weighted by atomic mass is 16.2. The van der Waals surface area contributed by atoms with Gasteiger partial charge in [-0.05, 0) is 46.0 Å². The van der Waals surface area contributed by atoms with Crippen molar-refractivity contribution in [3.05, 3.63) is 102 Å². The molecule has 1 atom stereocenters. The van der Waals surface area contributed by atoms with Crippen LogP contribution in [0.3, 0.4) is 0 Å². The molecule has 0 bridgehead atoms. The average molecular weight is 499 g/mol. The third-order valence-corrected chi connectivity index (χ3v) is 5.63. The van der Waals surface area contributed by atoms with Gasteiger partial charge in [-0.25, -0.2) is 5.10 Å². The number of nitrogens with zero attached hydrogens (tertiary/aromatic N) is 3. The topological polar surface area (TPSA) is 139 Å². The Morgan fingerprint density at radius 2 is 1.65 bits per heavy atom. The van der Waals surface area contributed by atoms with Crippen molar-refractivity contribution in [3.8, 4) is 11.4 Å². The average Bonchev–Trinajstić information content (AvgIpc) is 3.48. The number of amides is 2. The van der Waals surface area contributed by atoms with Gasteiger partial charge in [-0.15, -0.1) is 5.10 Å². The van der Waals surface area contributed by atoms with Gasteiger partial charge in [-0.2, -0.15) is 0 Å². The number of aromatic amines is 1. The molecule has 0 aliphatic rings. The third kappa shape index (κ3) is 9.65. The summed E-state index contributed by atoms with van der Waals surface area (Å²) in [5, 5.41) is 19.7. The zero-order chi connectivity index (χ0) is 26.3. The highest BCUT2D eigenvalue weighted by Gasteiger charge is 2.14. The van der Waals surface area contributed by atoms with E-state index in [0.29, 0.717) is 31.8 Å². The van der Waals surface area contributed by atoms with Crippen LogP contribution in [0.15, 0.2) is 78.9 Å². The Kier molecular flexibility index (Phi) is 11.0. The summed E-state index contributed by atoms with van der Waals surface area (Å²) in [6.07, 6.45) is 2.01. The number of carbonyl (C=O) groups excluding carboxylic acids is 2. The quantitative estimate of drug-likeness (QED) is 0.251. The highest BCUT2D eigenvalue weighted by molar-refractivity contribution is 5.79. The lowest BCUT2D eigenvalue weighted by molar-refractivity contribution is -0.121. The SMILES string of the molecule is CCC(=O)NCc1cc[c]cc1.NC(=O)[C@@H](CCc1ccccc1)NCc1ccc(-c2nnn[nH]2)cc1. The molecule has 4 aromatic rings. The summed E-state index contributed by atoms with van der Waals surface area (Å²) in [4.78, 5) is 22.6. The predicted octanol–water partition coefficient (Wildman–Crippen LogP) is 2.96. The summed E-state index contributed by atoms with van der Waals surface area (Å²) in [6, 6.07) is 28.0. The first kappa shape index (κ1) is 27.2. The lowest BCUT2D eigenvalue weighted by Crippen LogP contribution is -2.41. The minimum Gasteiger partial charge on any atom is -0.368 e. The Labute approximate surface area is 216 Å². The normalized spacial score (nSPS) is 11.2. The van der Waals surface area contributed by atoms with Crippen molar-refractivity contribution >= 4 is 11.8 Å². The van der Waals surface area contributed by atoms with Gasteiger partial charge < -0.3 is 16.4 Å². The molecule has 1 heterocycles. The summed E-state index contributed by atoms with van der Waals surface area (Å²) in [5.41, 5.74) is 9.79. The number of hydrogen-bond donors (Lipinski definition) is 4. The molecule has 5 N–H and O–H groups in total. The van der Waals surface area contributed by atoms with Gasteiger partial charge in [0.25, 0.3) is 0 Å². The number of primary amides is 1. The zero-order valence-corrected chi connectivity index (χ0v) is 20.9. The number of nitrogens with one attached hydrogen (secondary N) is 3. The molecule has 0 unspecified atom stereocenters. The highest BCUT2D eigenvalue weighted by Crippen LogP contribution is 2.14. The largest absolute Gasteiger partial charge is 0.368 e. The maximum atomic E-state index is 11.7. The maximum Gasteiger partial charge on any atom is 0.234 e. The zero-order valence-electron chi connectivity index (χ0n) is 20.9. The van der Waals surface area contributed by atoms with Crippen LogP contribution in [0.2, 0.25) is 0 Å². The number of carbonyl (C=O) groups is 2. The Bertz CT molecular complexity index is 1200. The molecule has 0 spiro atoms. The monoisotopic (exact) mass is 498 g/mol. The molecule has 9 heteroatoms. The fraction of sp³-hybridized carbons (Fsp3) is 0.250. The van der Waals surface area contributed by atoms with E-state index in [-0.39, 0.29) is 17.9 Å². The van der Waals surface area contributed by atoms with Gasteiger partial charge in [0.1, 0.15) is 0 Å². The number of H-pyrrole nitrogens is 1. The number of nitrogens with two attached hydrogens (primary N) is 1. The fourth-order valence-corrected chi connectivity index (χ4v) is 3.47. The van der Waals surface area contributed by atoms with Gasteiger partial charge in [-0.1, -0.05) is 85.8 Å². The van der Waals surface area contributed by atoms with E-state index in [2.05, 4.69) is 49.5 Å². The molecular weight excluding hydrogens is 466 g/mol. The van der Waals surface area contributed by atoms with Crippen molar-refractivity contribution < 1.29 is 9.59 Å². The van der Waals surface area contributed by atoms with Gasteiger partial charge in [0.2, 0.25) is 11.8 Å². The van der Waals surface area contributed by atoms with Crippen LogP contribution in [-0.4, -0.2) is 38.5 Å². The van der Waals surface area contributed by atoms with Crippen LogP contribution in [0.25, 0.3) is 11.4 Å². The van der Waals surface area contributed by atoms with Crippen LogP contribution < -0.4 is 16.4 Å². The van der Waals surface area contributed by atoms with E-state index in [0.717, 1.165) is 23.1 Å². The number of aromatic nitrogens is 4. The van der Waals surface area contributed by atoms with E-state index >= 15 is 0 Å². The van der Waals surface area contributed by atoms with E-state index in [4.69, 9.17) is 5.73 Å². The molecule has 9 nitrogen and oxygen atoms in total. The number of rotatable bonds is 11. The first-order valence-corrected chi connectivity index (χ1v) is 12.2. The van der Waals surface area contributed by atoms with E-state index in [9.17, 15) is 9.59 Å². The summed E-state index contributed by atoms with van der Waals surface area (Å²) in [7, 11) is 0. The predicted molar refractivity (Wildman–Crippen MR) is 142 cm³/mol. The van der Waals surface area contributed by atoms with E-state index in [1.54, 1.807) is 0 Å². The first-order chi connectivity index (χ1) is 18.0. The molecule has 2 amide bonds. The van der Waals surface area contributed by atoms with E-state index < -0.39 is 0 Å². The van der Waals surface area contributed by atoms with Crippen LogP contribution in [0.4, 0.5) is 0 Å². The molecule has 0 aliphatic carbocycles. The summed E-state index contributed by atoms with van der Waals surface area (Å²) in [5.74, 6) is 0.375. The Morgan fingerprint density at radius 3 is 2.27 bits per heavy atom. The molecule has 0 saturated carbocycles. The van der Waals surface area contributed by atoms with Crippen molar-refractivity contribution in [3.63, 3.8) is 0 Å². The Balaban J connectivity index is 0.000000266. The van der Waals surface area contributed by atoms with Crippen molar-refractivity contribution in [1.82, 2.24) is 31.3 Å². The summed E-state index contributed by atoms with van der Waals surface area (Å²) < 4.78 is 0. The minimum atomic E-state index is -0.363. The Hall–Kier alpha value is -4.37. The number of tetrazole rings is 1. The van der Waals surface area contributed by atoms with Crippen LogP contribution in [0.1, 0.15) is 36.5 Å². The summed E-state index contributed by atoms with van der Waals surface area (Å²) >= 11 is 0. The van der Waals surface area contributed by atoms with Crippen LogP contribution in [0.5, 0.6) is 0 Å². The van der Waals surface area contributed by atoms with Crippen LogP contribution >= 0.6 is 0 Å². The molecule has 4 rings (SSSR count). The third-order valence-electron chi connectivity index (χ3n) is 5.63. The van der Waals surface area contributed by atoms with Crippen molar-refractivity contribution in [2.24, 2.45) is 5.73 Å². The second-order valence-electron chi connectivity index (χ2n) is 8.35. The molecule has 37 heavy (non-hydrogen) atoms. The van der Waals surface area contributed by atoms with Gasteiger partial charge in [0.15, 0.2) is 5.82 Å². The smallest absolute Gasteiger partial charge is 0.234 e. The van der Waals surface area contributed by atoms with Crippen molar-refractivity contribution in [2.75, 3.05) is 0 Å². The molecule has 0 fully saturated rings. The standard InChI is InChI=1S/C18H20N6O.C10H12NO/c19-17(25)16(11-8-13-4-2-1-3-5-13)20-12-14-6-9-15(10-7-14)18-21-23-24-22-18;1-2-10(12)11-8-9-6-4-3-5-7-9/h1-7,9-10,16,20H,8,11-12H2,(H2,19,25)(H,21,22,23,24);4-7H,2,8H2,1H3,(H,11,12)/t16-;/m1./s1. The molecule has 0 saturated heterocycles. The van der Waals surface area contributed by atoms with Gasteiger partial charge in [0, 0.05) is 25.1 Å². The Morgan fingerprint density at radius 1 is 0.946 bits per heavy atom. The van der Waals surface area contributed by atoms with Gasteiger partial charge in [-0.3, -0.25) is 9.59 Å². The van der Waals surface area contributed by atoms with Crippen molar-refractivity contribution in [1.29, 1.82) is 0 Å². The van der Waals surface area contributed by atoms with Crippen molar-refractivity contribution in [2.45, 2.75) is 45.3 Å². The minimum absolute atomic E-state index is 0.0860. The second kappa shape index (κ2) is 14.9. The van der Waals surface area contributed by atoms with Crippen LogP contribution in [0, 0.1) is 6.07 Å². The molecule has 3 aromatic carbocycles. The van der Waals surface area contributed by atoms with E-state index in [1.807, 2.05) is 73.7 Å². The van der Waals surface area contributed by atoms with Gasteiger partial charge >= 0.3 is 0 Å². The molecule has 0 aliphatic heterocycles. The second-order valence-corrected chi connectivity index (χ2v) is 8.35.